The highest BCUT2D eigenvalue weighted by Gasteiger charge is 2.35. The molecule has 2 aliphatic heterocycles. The maximum absolute atomic E-state index is 12.6. The molecule has 4 rings (SSSR count). The molecule has 3 heterocycles. The molecule has 1 aromatic heterocycles. The van der Waals surface area contributed by atoms with E-state index >= 15 is 0 Å². The molecule has 0 saturated carbocycles. The lowest BCUT2D eigenvalue weighted by Crippen LogP contribution is -2.52. The smallest absolute Gasteiger partial charge is 0.317 e. The summed E-state index contributed by atoms with van der Waals surface area (Å²) in [6.07, 6.45) is 5.43. The molecule has 148 valence electrons. The topological polar surface area (TPSA) is 68.7 Å². The first-order valence-electron chi connectivity index (χ1n) is 9.98. The van der Waals surface area contributed by atoms with Crippen LogP contribution in [0.3, 0.4) is 0 Å². The highest BCUT2D eigenvalue weighted by Crippen LogP contribution is 2.32. The summed E-state index contributed by atoms with van der Waals surface area (Å²) in [4.78, 5) is 20.9. The molecular weight excluding hydrogens is 352 g/mol. The molecule has 1 atom stereocenters. The number of hydrogen-bond acceptors (Lipinski definition) is 4. The third kappa shape index (κ3) is 3.88. The second-order valence-electron chi connectivity index (χ2n) is 7.99. The minimum absolute atomic E-state index is 0.0412. The summed E-state index contributed by atoms with van der Waals surface area (Å²) >= 11 is 0. The quantitative estimate of drug-likeness (QED) is 0.856. The van der Waals surface area contributed by atoms with Gasteiger partial charge >= 0.3 is 6.03 Å². The number of aliphatic hydroxyl groups is 1. The summed E-state index contributed by atoms with van der Waals surface area (Å²) in [6.45, 7) is 2.63. The Kier molecular flexibility index (Phi) is 5.33. The average molecular weight is 380 g/mol. The number of benzene rings is 1. The third-order valence-electron chi connectivity index (χ3n) is 6.18. The third-order valence-corrected chi connectivity index (χ3v) is 6.18. The van der Waals surface area contributed by atoms with E-state index in [-0.39, 0.29) is 6.03 Å². The molecule has 0 bridgehead atoms. The molecular formula is C22H28N4O2. The summed E-state index contributed by atoms with van der Waals surface area (Å²) in [5.74, 6) is 0. The van der Waals surface area contributed by atoms with Gasteiger partial charge in [-0.3, -0.25) is 9.88 Å². The number of rotatable bonds is 3. The minimum atomic E-state index is -0.891. The number of carbonyl (C=O) groups is 1. The Morgan fingerprint density at radius 3 is 2.68 bits per heavy atom. The van der Waals surface area contributed by atoms with E-state index in [9.17, 15) is 9.90 Å². The first-order chi connectivity index (χ1) is 13.5. The molecule has 1 unspecified atom stereocenters. The molecule has 0 spiro atoms. The van der Waals surface area contributed by atoms with Crippen molar-refractivity contribution in [1.82, 2.24) is 20.1 Å². The van der Waals surface area contributed by atoms with Crippen molar-refractivity contribution in [3.8, 4) is 0 Å². The van der Waals surface area contributed by atoms with Gasteiger partial charge in [0.05, 0.1) is 5.60 Å². The van der Waals surface area contributed by atoms with Gasteiger partial charge < -0.3 is 15.3 Å². The van der Waals surface area contributed by atoms with Crippen molar-refractivity contribution in [2.75, 3.05) is 26.7 Å². The van der Waals surface area contributed by atoms with Crippen molar-refractivity contribution in [1.29, 1.82) is 0 Å². The Balaban J connectivity index is 1.30. The van der Waals surface area contributed by atoms with Crippen LogP contribution in [-0.4, -0.2) is 58.6 Å². The fraction of sp³-hybridized carbons (Fsp3) is 0.455. The summed E-state index contributed by atoms with van der Waals surface area (Å²) in [7, 11) is 2.11. The van der Waals surface area contributed by atoms with E-state index in [2.05, 4.69) is 46.5 Å². The fourth-order valence-corrected chi connectivity index (χ4v) is 4.27. The Labute approximate surface area is 166 Å². The van der Waals surface area contributed by atoms with Gasteiger partial charge in [-0.25, -0.2) is 4.79 Å². The van der Waals surface area contributed by atoms with Gasteiger partial charge in [0.1, 0.15) is 0 Å². The normalized spacial score (nSPS) is 21.8. The summed E-state index contributed by atoms with van der Waals surface area (Å²) in [5, 5.41) is 14.0. The van der Waals surface area contributed by atoms with Gasteiger partial charge in [0.15, 0.2) is 0 Å². The van der Waals surface area contributed by atoms with E-state index in [0.29, 0.717) is 38.5 Å². The van der Waals surface area contributed by atoms with Gasteiger partial charge in [0.25, 0.3) is 0 Å². The van der Waals surface area contributed by atoms with Crippen LogP contribution in [0.4, 0.5) is 4.79 Å². The second-order valence-corrected chi connectivity index (χ2v) is 7.99. The van der Waals surface area contributed by atoms with Crippen LogP contribution in [0.5, 0.6) is 0 Å². The van der Waals surface area contributed by atoms with E-state index in [1.165, 1.54) is 11.1 Å². The van der Waals surface area contributed by atoms with Crippen LogP contribution >= 0.6 is 0 Å². The highest BCUT2D eigenvalue weighted by atomic mass is 16.3. The Morgan fingerprint density at radius 2 is 1.96 bits per heavy atom. The zero-order chi connectivity index (χ0) is 19.6. The minimum Gasteiger partial charge on any atom is -0.385 e. The molecule has 0 aliphatic carbocycles. The molecule has 0 radical (unpaired) electrons. The van der Waals surface area contributed by atoms with Crippen molar-refractivity contribution in [2.45, 2.75) is 37.5 Å². The van der Waals surface area contributed by atoms with Gasteiger partial charge in [-0.1, -0.05) is 30.3 Å². The summed E-state index contributed by atoms with van der Waals surface area (Å²) < 4.78 is 0. The number of urea groups is 1. The molecule has 2 aromatic rings. The Hall–Kier alpha value is -2.44. The van der Waals surface area contributed by atoms with E-state index in [4.69, 9.17) is 0 Å². The molecule has 2 amide bonds. The van der Waals surface area contributed by atoms with Crippen molar-refractivity contribution < 1.29 is 9.90 Å². The monoisotopic (exact) mass is 380 g/mol. The standard InChI is InChI=1S/C22H28N4O2/c1-25-16-18-6-3-2-5-17(18)13-20(25)15-24-21(27)26-11-8-22(28,9-12-26)19-7-4-10-23-14-19/h2-7,10,14,20,28H,8-9,11-13,15-16H2,1H3,(H,24,27). The first kappa shape index (κ1) is 18.9. The average Bonchev–Trinajstić information content (AvgIpc) is 2.73. The van der Waals surface area contributed by atoms with Crippen LogP contribution in [0.1, 0.15) is 29.5 Å². The van der Waals surface area contributed by atoms with Crippen molar-refractivity contribution >= 4 is 6.03 Å². The van der Waals surface area contributed by atoms with Crippen molar-refractivity contribution in [2.24, 2.45) is 0 Å². The van der Waals surface area contributed by atoms with Crippen LogP contribution in [0, 0.1) is 0 Å². The number of likely N-dealkylation sites (N-methyl/N-ethyl adjacent to an activating group) is 1. The number of carbonyl (C=O) groups excluding carboxylic acids is 1. The molecule has 1 aromatic carbocycles. The maximum Gasteiger partial charge on any atom is 0.317 e. The van der Waals surface area contributed by atoms with Crippen LogP contribution < -0.4 is 5.32 Å². The van der Waals surface area contributed by atoms with Crippen molar-refractivity contribution in [3.63, 3.8) is 0 Å². The number of hydrogen-bond donors (Lipinski definition) is 2. The zero-order valence-electron chi connectivity index (χ0n) is 16.3. The molecule has 6 nitrogen and oxygen atoms in total. The number of amides is 2. The summed E-state index contributed by atoms with van der Waals surface area (Å²) in [5.41, 5.74) is 2.69. The molecule has 1 fully saturated rings. The number of aromatic nitrogens is 1. The van der Waals surface area contributed by atoms with E-state index in [1.807, 2.05) is 17.0 Å². The predicted molar refractivity (Wildman–Crippen MR) is 108 cm³/mol. The molecule has 6 heteroatoms. The van der Waals surface area contributed by atoms with E-state index < -0.39 is 5.60 Å². The Morgan fingerprint density at radius 1 is 1.21 bits per heavy atom. The van der Waals surface area contributed by atoms with Crippen molar-refractivity contribution in [3.05, 3.63) is 65.5 Å². The zero-order valence-corrected chi connectivity index (χ0v) is 16.3. The maximum atomic E-state index is 12.6. The van der Waals surface area contributed by atoms with Gasteiger partial charge in [-0.05, 0) is 43.5 Å². The largest absolute Gasteiger partial charge is 0.385 e. The molecule has 2 N–H and O–H groups in total. The predicted octanol–water partition coefficient (Wildman–Crippen LogP) is 2.13. The van der Waals surface area contributed by atoms with Crippen LogP contribution in [0.15, 0.2) is 48.8 Å². The van der Waals surface area contributed by atoms with Crippen LogP contribution in [0.2, 0.25) is 0 Å². The first-order valence-corrected chi connectivity index (χ1v) is 9.98. The van der Waals surface area contributed by atoms with E-state index in [1.54, 1.807) is 12.4 Å². The van der Waals surface area contributed by atoms with E-state index in [0.717, 1.165) is 18.5 Å². The second kappa shape index (κ2) is 7.89. The van der Waals surface area contributed by atoms with Crippen LogP contribution in [0.25, 0.3) is 0 Å². The SMILES string of the molecule is CN1Cc2ccccc2CC1CNC(=O)N1CCC(O)(c2cccnc2)CC1. The lowest BCUT2D eigenvalue weighted by Gasteiger charge is -2.39. The number of fused-ring (bicyclic) bond motifs is 1. The van der Waals surface area contributed by atoms with Gasteiger partial charge in [-0.15, -0.1) is 0 Å². The number of nitrogens with one attached hydrogen (secondary N) is 1. The number of likely N-dealkylation sites (tertiary alicyclic amines) is 1. The lowest BCUT2D eigenvalue weighted by molar-refractivity contribution is -0.0171. The van der Waals surface area contributed by atoms with Crippen LogP contribution in [-0.2, 0) is 18.6 Å². The lowest BCUT2D eigenvalue weighted by atomic mass is 9.85. The number of pyridine rings is 1. The fourth-order valence-electron chi connectivity index (χ4n) is 4.27. The van der Waals surface area contributed by atoms with Gasteiger partial charge in [-0.2, -0.15) is 0 Å². The van der Waals surface area contributed by atoms with Gasteiger partial charge in [0.2, 0.25) is 0 Å². The molecule has 2 aliphatic rings. The highest BCUT2D eigenvalue weighted by molar-refractivity contribution is 5.74. The molecule has 1 saturated heterocycles. The summed E-state index contributed by atoms with van der Waals surface area (Å²) in [6, 6.07) is 12.5. The number of nitrogens with zero attached hydrogens (tertiary/aromatic N) is 3. The van der Waals surface area contributed by atoms with Gasteiger partial charge in [0, 0.05) is 50.2 Å². The molecule has 28 heavy (non-hydrogen) atoms. The Bertz CT molecular complexity index is 818. The number of piperidine rings is 1.